The summed E-state index contributed by atoms with van der Waals surface area (Å²) < 4.78 is 26.0. The molecule has 0 aliphatic heterocycles. The monoisotopic (exact) mass is 218 g/mol. The van der Waals surface area contributed by atoms with E-state index in [4.69, 9.17) is 0 Å². The number of alkyl halides is 2. The molecule has 0 N–H and O–H groups in total. The normalized spacial score (nSPS) is 12.1. The molecule has 0 amide bonds. The molecule has 0 bridgehead atoms. The van der Waals surface area contributed by atoms with Crippen molar-refractivity contribution in [2.24, 2.45) is 0 Å². The lowest BCUT2D eigenvalue weighted by Gasteiger charge is -2.21. The molecule has 86 valence electrons. The van der Waals surface area contributed by atoms with E-state index < -0.39 is 5.92 Å². The summed E-state index contributed by atoms with van der Waals surface area (Å²) in [5.74, 6) is -2.75. The summed E-state index contributed by atoms with van der Waals surface area (Å²) in [6.45, 7) is 6.97. The SMILES string of the molecule is CC(C)(C)c1cccc(C(C)(F)F)c1.F. The summed E-state index contributed by atoms with van der Waals surface area (Å²) in [5, 5.41) is 0. The molecular formula is C12H17F3. The lowest BCUT2D eigenvalue weighted by atomic mass is 9.86. The summed E-state index contributed by atoms with van der Waals surface area (Å²) in [6, 6.07) is 6.62. The van der Waals surface area contributed by atoms with Crippen LogP contribution in [-0.2, 0) is 11.3 Å². The maximum atomic E-state index is 13.0. The van der Waals surface area contributed by atoms with Gasteiger partial charge in [0.1, 0.15) is 0 Å². The van der Waals surface area contributed by atoms with Crippen molar-refractivity contribution in [2.45, 2.75) is 39.0 Å². The minimum Gasteiger partial charge on any atom is -0.269 e. The van der Waals surface area contributed by atoms with Gasteiger partial charge in [-0.3, -0.25) is 4.70 Å². The Morgan fingerprint density at radius 2 is 1.40 bits per heavy atom. The molecule has 0 saturated heterocycles. The van der Waals surface area contributed by atoms with Crippen LogP contribution in [0.1, 0.15) is 38.8 Å². The molecule has 1 aromatic carbocycles. The Bertz CT molecular complexity index is 289. The lowest BCUT2D eigenvalue weighted by molar-refractivity contribution is 0.0173. The first kappa shape index (κ1) is 14.0. The maximum absolute atomic E-state index is 13.0. The van der Waals surface area contributed by atoms with E-state index >= 15 is 0 Å². The summed E-state index contributed by atoms with van der Waals surface area (Å²) in [7, 11) is 0. The third-order valence-corrected chi connectivity index (χ3v) is 2.24. The Hall–Kier alpha value is -0.990. The molecule has 0 unspecified atom stereocenters. The Labute approximate surface area is 88.7 Å². The smallest absolute Gasteiger partial charge is 0.269 e. The molecule has 1 aromatic rings. The van der Waals surface area contributed by atoms with Crippen molar-refractivity contribution in [1.82, 2.24) is 0 Å². The van der Waals surface area contributed by atoms with Crippen LogP contribution >= 0.6 is 0 Å². The summed E-state index contributed by atoms with van der Waals surface area (Å²) >= 11 is 0. The molecule has 0 aliphatic carbocycles. The van der Waals surface area contributed by atoms with E-state index in [9.17, 15) is 8.78 Å². The summed E-state index contributed by atoms with van der Waals surface area (Å²) in [4.78, 5) is 0. The van der Waals surface area contributed by atoms with Crippen molar-refractivity contribution in [3.8, 4) is 0 Å². The van der Waals surface area contributed by atoms with Gasteiger partial charge in [0.05, 0.1) is 0 Å². The molecule has 15 heavy (non-hydrogen) atoms. The van der Waals surface area contributed by atoms with Crippen LogP contribution in [0.25, 0.3) is 0 Å². The van der Waals surface area contributed by atoms with E-state index in [1.807, 2.05) is 26.8 Å². The quantitative estimate of drug-likeness (QED) is 0.661. The zero-order valence-electron chi connectivity index (χ0n) is 9.47. The van der Waals surface area contributed by atoms with E-state index in [0.717, 1.165) is 12.5 Å². The van der Waals surface area contributed by atoms with E-state index in [0.29, 0.717) is 0 Å². The van der Waals surface area contributed by atoms with E-state index in [1.54, 1.807) is 12.1 Å². The third kappa shape index (κ3) is 3.57. The number of benzene rings is 1. The van der Waals surface area contributed by atoms with Gasteiger partial charge in [-0.1, -0.05) is 39.0 Å². The van der Waals surface area contributed by atoms with Crippen LogP contribution in [0.4, 0.5) is 13.5 Å². The van der Waals surface area contributed by atoms with Crippen LogP contribution in [0.2, 0.25) is 0 Å². The standard InChI is InChI=1S/C12H16F2.FH/c1-11(2,3)9-6-5-7-10(8-9)12(4,13)14;/h5-8H,1-4H3;1H. The molecule has 0 aliphatic rings. The van der Waals surface area contributed by atoms with E-state index in [1.165, 1.54) is 6.07 Å². The average molecular weight is 218 g/mol. The van der Waals surface area contributed by atoms with Gasteiger partial charge in [0.15, 0.2) is 0 Å². The minimum absolute atomic E-state index is 0. The molecule has 0 heterocycles. The summed E-state index contributed by atoms with van der Waals surface area (Å²) in [6.07, 6.45) is 0. The Morgan fingerprint density at radius 3 is 1.80 bits per heavy atom. The maximum Gasteiger partial charge on any atom is 0.270 e. The predicted octanol–water partition coefficient (Wildman–Crippen LogP) is 4.25. The van der Waals surface area contributed by atoms with Gasteiger partial charge in [0.2, 0.25) is 0 Å². The number of rotatable bonds is 1. The Morgan fingerprint density at radius 1 is 0.933 bits per heavy atom. The molecule has 3 heteroatoms. The highest BCUT2D eigenvalue weighted by Gasteiger charge is 2.25. The van der Waals surface area contributed by atoms with Gasteiger partial charge in [-0.05, 0) is 17.0 Å². The fraction of sp³-hybridized carbons (Fsp3) is 0.500. The summed E-state index contributed by atoms with van der Waals surface area (Å²) in [5.41, 5.74) is 0.947. The lowest BCUT2D eigenvalue weighted by Crippen LogP contribution is -2.14. The van der Waals surface area contributed by atoms with Gasteiger partial charge in [-0.15, -0.1) is 0 Å². The van der Waals surface area contributed by atoms with Gasteiger partial charge >= 0.3 is 0 Å². The second kappa shape index (κ2) is 4.25. The van der Waals surface area contributed by atoms with Crippen LogP contribution in [-0.4, -0.2) is 0 Å². The van der Waals surface area contributed by atoms with E-state index in [2.05, 4.69) is 0 Å². The first-order chi connectivity index (χ1) is 6.21. The highest BCUT2D eigenvalue weighted by Crippen LogP contribution is 2.30. The van der Waals surface area contributed by atoms with Crippen molar-refractivity contribution in [3.05, 3.63) is 35.4 Å². The molecule has 0 aromatic heterocycles. The zero-order valence-corrected chi connectivity index (χ0v) is 9.47. The molecule has 0 spiro atoms. The van der Waals surface area contributed by atoms with E-state index in [-0.39, 0.29) is 15.7 Å². The van der Waals surface area contributed by atoms with Crippen molar-refractivity contribution >= 4 is 0 Å². The highest BCUT2D eigenvalue weighted by atomic mass is 19.3. The molecule has 0 fully saturated rings. The topological polar surface area (TPSA) is 0 Å². The molecule has 1 rings (SSSR count). The van der Waals surface area contributed by atoms with Crippen molar-refractivity contribution in [3.63, 3.8) is 0 Å². The van der Waals surface area contributed by atoms with Gasteiger partial charge in [0, 0.05) is 12.5 Å². The van der Waals surface area contributed by atoms with Crippen LogP contribution < -0.4 is 0 Å². The van der Waals surface area contributed by atoms with Gasteiger partial charge in [-0.2, -0.15) is 0 Å². The van der Waals surface area contributed by atoms with Crippen LogP contribution in [0.15, 0.2) is 24.3 Å². The first-order valence-electron chi connectivity index (χ1n) is 4.70. The molecular weight excluding hydrogens is 201 g/mol. The molecule has 0 saturated carbocycles. The first-order valence-corrected chi connectivity index (χ1v) is 4.70. The molecule has 0 atom stereocenters. The Balaban J connectivity index is 0.00000196. The van der Waals surface area contributed by atoms with Crippen LogP contribution in [0.3, 0.4) is 0 Å². The number of halogens is 3. The second-order valence-corrected chi connectivity index (χ2v) is 4.72. The van der Waals surface area contributed by atoms with Gasteiger partial charge in [-0.25, -0.2) is 8.78 Å². The highest BCUT2D eigenvalue weighted by molar-refractivity contribution is 5.30. The Kier molecular flexibility index (Phi) is 3.97. The average Bonchev–Trinajstić information content (AvgIpc) is 2.01. The zero-order chi connectivity index (χ0) is 11.0. The van der Waals surface area contributed by atoms with Gasteiger partial charge < -0.3 is 0 Å². The number of hydrogen-bond donors (Lipinski definition) is 0. The predicted molar refractivity (Wildman–Crippen MR) is 57.2 cm³/mol. The van der Waals surface area contributed by atoms with Crippen molar-refractivity contribution in [1.29, 1.82) is 0 Å². The van der Waals surface area contributed by atoms with Crippen molar-refractivity contribution < 1.29 is 13.5 Å². The fourth-order valence-corrected chi connectivity index (χ4v) is 1.26. The van der Waals surface area contributed by atoms with Gasteiger partial charge in [0.25, 0.3) is 5.92 Å². The molecule has 0 nitrogen and oxygen atoms in total. The minimum atomic E-state index is -2.75. The van der Waals surface area contributed by atoms with Crippen molar-refractivity contribution in [2.75, 3.05) is 0 Å². The van der Waals surface area contributed by atoms with Crippen LogP contribution in [0, 0.1) is 0 Å². The number of hydrogen-bond acceptors (Lipinski definition) is 0. The second-order valence-electron chi connectivity index (χ2n) is 4.72. The molecule has 0 radical (unpaired) electrons. The fourth-order valence-electron chi connectivity index (χ4n) is 1.26. The van der Waals surface area contributed by atoms with Crippen LogP contribution in [0.5, 0.6) is 0 Å². The largest absolute Gasteiger partial charge is 0.270 e. The third-order valence-electron chi connectivity index (χ3n) is 2.24.